The number of rotatable bonds is 2. The van der Waals surface area contributed by atoms with Crippen molar-refractivity contribution in [1.82, 2.24) is 15.0 Å². The van der Waals surface area contributed by atoms with Crippen molar-refractivity contribution in [2.24, 2.45) is 0 Å². The molecule has 5 heteroatoms. The Labute approximate surface area is 81.2 Å². The molecule has 2 N–H and O–H groups in total. The standard InChI is InChI=1S/C5H5N3O.C4H5N/c9-4-8-5-1-2-6-3-7-5;1-2-4-5-3-1/h1-4H,(H,6,7,8,9);1-5H. The molecule has 0 saturated heterocycles. The van der Waals surface area contributed by atoms with E-state index < -0.39 is 0 Å². The highest BCUT2D eigenvalue weighted by molar-refractivity contribution is 5.68. The highest BCUT2D eigenvalue weighted by Crippen LogP contribution is 1.93. The van der Waals surface area contributed by atoms with E-state index in [-0.39, 0.29) is 0 Å². The van der Waals surface area contributed by atoms with Crippen LogP contribution in [0.2, 0.25) is 0 Å². The number of aromatic amines is 1. The predicted molar refractivity (Wildman–Crippen MR) is 52.5 cm³/mol. The maximum atomic E-state index is 9.80. The molecule has 5 nitrogen and oxygen atoms in total. The number of carbonyl (C=O) groups is 1. The van der Waals surface area contributed by atoms with Gasteiger partial charge in [0.15, 0.2) is 0 Å². The third-order valence-corrected chi connectivity index (χ3v) is 1.28. The number of nitrogens with one attached hydrogen (secondary N) is 2. The molecule has 0 aliphatic rings. The lowest BCUT2D eigenvalue weighted by atomic mass is 10.6. The molecule has 14 heavy (non-hydrogen) atoms. The van der Waals surface area contributed by atoms with Crippen molar-refractivity contribution in [3.05, 3.63) is 43.1 Å². The van der Waals surface area contributed by atoms with Gasteiger partial charge >= 0.3 is 0 Å². The summed E-state index contributed by atoms with van der Waals surface area (Å²) in [5, 5.41) is 2.38. The number of hydrogen-bond donors (Lipinski definition) is 2. The number of aromatic nitrogens is 3. The van der Waals surface area contributed by atoms with E-state index in [1.54, 1.807) is 12.3 Å². The van der Waals surface area contributed by atoms with Gasteiger partial charge in [-0.05, 0) is 18.2 Å². The summed E-state index contributed by atoms with van der Waals surface area (Å²) in [6.45, 7) is 0. The zero-order valence-electron chi connectivity index (χ0n) is 7.42. The zero-order chi connectivity index (χ0) is 10.1. The molecule has 0 aliphatic carbocycles. The molecule has 0 fully saturated rings. The summed E-state index contributed by atoms with van der Waals surface area (Å²) in [5.41, 5.74) is 0. The minimum absolute atomic E-state index is 0.514. The van der Waals surface area contributed by atoms with E-state index in [9.17, 15) is 4.79 Å². The molecule has 0 unspecified atom stereocenters. The van der Waals surface area contributed by atoms with Crippen LogP contribution in [0.4, 0.5) is 5.82 Å². The SMILES string of the molecule is O=CNc1ccncn1.c1cc[nH]c1. The fourth-order valence-electron chi connectivity index (χ4n) is 0.714. The first-order chi connectivity index (χ1) is 6.93. The van der Waals surface area contributed by atoms with Gasteiger partial charge in [-0.15, -0.1) is 0 Å². The molecule has 2 aromatic heterocycles. The van der Waals surface area contributed by atoms with Gasteiger partial charge in [-0.1, -0.05) is 0 Å². The number of amides is 1. The number of anilines is 1. The first-order valence-electron chi connectivity index (χ1n) is 3.97. The van der Waals surface area contributed by atoms with Crippen LogP contribution in [0.1, 0.15) is 0 Å². The van der Waals surface area contributed by atoms with Crippen LogP contribution < -0.4 is 5.32 Å². The van der Waals surface area contributed by atoms with Crippen molar-refractivity contribution in [3.8, 4) is 0 Å². The monoisotopic (exact) mass is 190 g/mol. The minimum atomic E-state index is 0.514. The van der Waals surface area contributed by atoms with Gasteiger partial charge in [-0.25, -0.2) is 9.97 Å². The van der Waals surface area contributed by atoms with E-state index in [1.165, 1.54) is 6.33 Å². The minimum Gasteiger partial charge on any atom is -0.368 e. The van der Waals surface area contributed by atoms with E-state index in [4.69, 9.17) is 0 Å². The van der Waals surface area contributed by atoms with Crippen molar-refractivity contribution < 1.29 is 4.79 Å². The summed E-state index contributed by atoms with van der Waals surface area (Å²) in [6.07, 6.45) is 7.24. The number of nitrogens with zero attached hydrogens (tertiary/aromatic N) is 2. The molecular weight excluding hydrogens is 180 g/mol. The van der Waals surface area contributed by atoms with E-state index in [2.05, 4.69) is 20.3 Å². The lowest BCUT2D eigenvalue weighted by Gasteiger charge is -1.91. The van der Waals surface area contributed by atoms with E-state index in [0.29, 0.717) is 12.2 Å². The Morgan fingerprint density at radius 3 is 2.57 bits per heavy atom. The maximum Gasteiger partial charge on any atom is 0.212 e. The lowest BCUT2D eigenvalue weighted by Crippen LogP contribution is -1.95. The summed E-state index contributed by atoms with van der Waals surface area (Å²) in [7, 11) is 0. The third kappa shape index (κ3) is 4.01. The number of carbonyl (C=O) groups excluding carboxylic acids is 1. The Balaban J connectivity index is 0.000000165. The Kier molecular flexibility index (Phi) is 4.50. The molecule has 2 aromatic rings. The molecule has 72 valence electrons. The first-order valence-corrected chi connectivity index (χ1v) is 3.97. The molecule has 0 bridgehead atoms. The van der Waals surface area contributed by atoms with Crippen LogP contribution in [-0.4, -0.2) is 21.4 Å². The van der Waals surface area contributed by atoms with E-state index >= 15 is 0 Å². The largest absolute Gasteiger partial charge is 0.368 e. The third-order valence-electron chi connectivity index (χ3n) is 1.28. The molecule has 2 heterocycles. The second-order valence-corrected chi connectivity index (χ2v) is 2.24. The smallest absolute Gasteiger partial charge is 0.212 e. The highest BCUT2D eigenvalue weighted by Gasteiger charge is 1.84. The predicted octanol–water partition coefficient (Wildman–Crippen LogP) is 1.06. The molecule has 0 saturated carbocycles. The molecule has 0 spiro atoms. The van der Waals surface area contributed by atoms with Crippen molar-refractivity contribution in [3.63, 3.8) is 0 Å². The molecule has 0 atom stereocenters. The molecule has 2 rings (SSSR count). The van der Waals surface area contributed by atoms with Gasteiger partial charge in [0.25, 0.3) is 0 Å². The van der Waals surface area contributed by atoms with E-state index in [0.717, 1.165) is 0 Å². The molecule has 0 radical (unpaired) electrons. The maximum absolute atomic E-state index is 9.80. The second-order valence-electron chi connectivity index (χ2n) is 2.24. The van der Waals surface area contributed by atoms with Crippen LogP contribution in [0.5, 0.6) is 0 Å². The van der Waals surface area contributed by atoms with Gasteiger partial charge < -0.3 is 10.3 Å². The topological polar surface area (TPSA) is 70.7 Å². The quantitative estimate of drug-likeness (QED) is 0.695. The summed E-state index contributed by atoms with van der Waals surface area (Å²) < 4.78 is 0. The second kappa shape index (κ2) is 6.36. The van der Waals surface area contributed by atoms with E-state index in [1.807, 2.05) is 24.5 Å². The summed E-state index contributed by atoms with van der Waals surface area (Å²) >= 11 is 0. The van der Waals surface area contributed by atoms with Gasteiger partial charge in [0.2, 0.25) is 6.41 Å². The Bertz CT molecular complexity index is 316. The summed E-state index contributed by atoms with van der Waals surface area (Å²) in [6, 6.07) is 5.49. The lowest BCUT2D eigenvalue weighted by molar-refractivity contribution is -0.105. The van der Waals surface area contributed by atoms with Crippen LogP contribution in [0.3, 0.4) is 0 Å². The average molecular weight is 190 g/mol. The first kappa shape index (κ1) is 9.91. The number of H-pyrrole nitrogens is 1. The van der Waals surface area contributed by atoms with Gasteiger partial charge in [0.05, 0.1) is 0 Å². The molecule has 1 amide bonds. The summed E-state index contributed by atoms with van der Waals surface area (Å²) in [5.74, 6) is 0.514. The van der Waals surface area contributed by atoms with Gasteiger partial charge in [-0.2, -0.15) is 0 Å². The van der Waals surface area contributed by atoms with Crippen LogP contribution >= 0.6 is 0 Å². The van der Waals surface area contributed by atoms with Crippen LogP contribution in [-0.2, 0) is 4.79 Å². The normalized spacial score (nSPS) is 8.29. The zero-order valence-corrected chi connectivity index (χ0v) is 7.42. The van der Waals surface area contributed by atoms with Gasteiger partial charge in [0.1, 0.15) is 12.1 Å². The Morgan fingerprint density at radius 2 is 2.14 bits per heavy atom. The molecule has 0 aromatic carbocycles. The summed E-state index contributed by atoms with van der Waals surface area (Å²) in [4.78, 5) is 20.0. The van der Waals surface area contributed by atoms with Crippen LogP contribution in [0, 0.1) is 0 Å². The van der Waals surface area contributed by atoms with Crippen molar-refractivity contribution in [1.29, 1.82) is 0 Å². The van der Waals surface area contributed by atoms with Crippen molar-refractivity contribution in [2.75, 3.05) is 5.32 Å². The van der Waals surface area contributed by atoms with Crippen LogP contribution in [0.15, 0.2) is 43.1 Å². The fraction of sp³-hybridized carbons (Fsp3) is 0. The van der Waals surface area contributed by atoms with Gasteiger partial charge in [0, 0.05) is 18.6 Å². The van der Waals surface area contributed by atoms with Crippen molar-refractivity contribution in [2.45, 2.75) is 0 Å². The number of hydrogen-bond acceptors (Lipinski definition) is 3. The van der Waals surface area contributed by atoms with Crippen molar-refractivity contribution >= 4 is 12.2 Å². The highest BCUT2D eigenvalue weighted by atomic mass is 16.1. The van der Waals surface area contributed by atoms with Crippen LogP contribution in [0.25, 0.3) is 0 Å². The Hall–Kier alpha value is -2.17. The average Bonchev–Trinajstić information content (AvgIpc) is 2.78. The Morgan fingerprint density at radius 1 is 1.36 bits per heavy atom. The molecule has 0 aliphatic heterocycles. The van der Waals surface area contributed by atoms with Gasteiger partial charge in [-0.3, -0.25) is 4.79 Å². The fourth-order valence-corrected chi connectivity index (χ4v) is 0.714. The molecular formula is C9H10N4O.